The van der Waals surface area contributed by atoms with Crippen LogP contribution in [0.1, 0.15) is 33.6 Å². The van der Waals surface area contributed by atoms with E-state index in [-0.39, 0.29) is 12.1 Å². The van der Waals surface area contributed by atoms with Crippen molar-refractivity contribution in [3.63, 3.8) is 0 Å². The molecule has 1 saturated heterocycles. The molecule has 1 fully saturated rings. The van der Waals surface area contributed by atoms with Crippen LogP contribution in [-0.4, -0.2) is 44.4 Å². The Bertz CT molecular complexity index is 316. The molecule has 0 aromatic heterocycles. The van der Waals surface area contributed by atoms with E-state index in [1.807, 2.05) is 13.8 Å². The summed E-state index contributed by atoms with van der Waals surface area (Å²) in [7, 11) is -1.72. The van der Waals surface area contributed by atoms with Crippen molar-refractivity contribution in [2.24, 2.45) is 0 Å². The monoisotopic (exact) mass is 249 g/mol. The molecule has 6 heteroatoms. The van der Waals surface area contributed by atoms with E-state index in [4.69, 9.17) is 0 Å². The molecule has 2 atom stereocenters. The summed E-state index contributed by atoms with van der Waals surface area (Å²) in [5.41, 5.74) is 0. The van der Waals surface area contributed by atoms with Gasteiger partial charge in [-0.15, -0.1) is 0 Å². The van der Waals surface area contributed by atoms with Crippen LogP contribution in [0.3, 0.4) is 0 Å². The zero-order valence-corrected chi connectivity index (χ0v) is 11.3. The lowest BCUT2D eigenvalue weighted by Gasteiger charge is -2.30. The molecule has 2 N–H and O–H groups in total. The van der Waals surface area contributed by atoms with Crippen LogP contribution in [-0.2, 0) is 10.2 Å². The lowest BCUT2D eigenvalue weighted by molar-refractivity contribution is 0.344. The highest BCUT2D eigenvalue weighted by molar-refractivity contribution is 7.87. The zero-order valence-electron chi connectivity index (χ0n) is 10.5. The maximum absolute atomic E-state index is 11.9. The Morgan fingerprint density at radius 1 is 1.44 bits per heavy atom. The Morgan fingerprint density at radius 2 is 2.06 bits per heavy atom. The largest absolute Gasteiger partial charge is 0.314 e. The summed E-state index contributed by atoms with van der Waals surface area (Å²) in [5.74, 6) is 0. The normalized spacial score (nSPS) is 27.6. The summed E-state index contributed by atoms with van der Waals surface area (Å²) in [4.78, 5) is 0. The number of rotatable bonds is 4. The molecular formula is C10H23N3O2S. The summed E-state index contributed by atoms with van der Waals surface area (Å²) in [6.45, 7) is 6.68. The highest BCUT2D eigenvalue weighted by Crippen LogP contribution is 2.11. The average Bonchev–Trinajstić information content (AvgIpc) is 2.15. The predicted octanol–water partition coefficient (Wildman–Crippen LogP) is 0.302. The van der Waals surface area contributed by atoms with Crippen molar-refractivity contribution in [2.75, 3.05) is 13.6 Å². The number of hydrogen-bond acceptors (Lipinski definition) is 3. The summed E-state index contributed by atoms with van der Waals surface area (Å²) in [6.07, 6.45) is 1.71. The minimum Gasteiger partial charge on any atom is -0.314 e. The van der Waals surface area contributed by atoms with Crippen molar-refractivity contribution in [2.45, 2.75) is 51.7 Å². The van der Waals surface area contributed by atoms with E-state index in [2.05, 4.69) is 17.0 Å². The quantitative estimate of drug-likeness (QED) is 0.753. The molecule has 0 aromatic carbocycles. The van der Waals surface area contributed by atoms with Gasteiger partial charge in [0.25, 0.3) is 10.2 Å². The van der Waals surface area contributed by atoms with Crippen LogP contribution in [0.5, 0.6) is 0 Å². The average molecular weight is 249 g/mol. The van der Waals surface area contributed by atoms with Crippen LogP contribution in [0.15, 0.2) is 0 Å². The highest BCUT2D eigenvalue weighted by atomic mass is 32.2. The summed E-state index contributed by atoms with van der Waals surface area (Å²) >= 11 is 0. The maximum Gasteiger partial charge on any atom is 0.279 e. The lowest BCUT2D eigenvalue weighted by atomic mass is 10.0. The molecule has 0 radical (unpaired) electrons. The first-order chi connectivity index (χ1) is 7.33. The first-order valence-electron chi connectivity index (χ1n) is 5.81. The van der Waals surface area contributed by atoms with E-state index in [0.717, 1.165) is 19.4 Å². The summed E-state index contributed by atoms with van der Waals surface area (Å²) in [5, 5.41) is 3.30. The Morgan fingerprint density at radius 3 is 2.56 bits per heavy atom. The molecule has 0 aromatic rings. The SMILES string of the molecule is CC1CC(NS(=O)(=O)N(C)C(C)C)CCN1. The standard InChI is InChI=1S/C10H23N3O2S/c1-8(2)13(4)16(14,15)12-10-5-6-11-9(3)7-10/h8-12H,5-7H2,1-4H3. The van der Waals surface area contributed by atoms with Crippen LogP contribution >= 0.6 is 0 Å². The molecule has 2 unspecified atom stereocenters. The molecule has 5 nitrogen and oxygen atoms in total. The molecule has 1 aliphatic rings. The third kappa shape index (κ3) is 3.69. The molecular weight excluding hydrogens is 226 g/mol. The Balaban J connectivity index is 2.58. The molecule has 0 spiro atoms. The van der Waals surface area contributed by atoms with Crippen molar-refractivity contribution in [3.8, 4) is 0 Å². The number of nitrogens with one attached hydrogen (secondary N) is 2. The molecule has 1 rings (SSSR count). The first-order valence-corrected chi connectivity index (χ1v) is 7.25. The molecule has 16 heavy (non-hydrogen) atoms. The van der Waals surface area contributed by atoms with Gasteiger partial charge in [-0.25, -0.2) is 0 Å². The molecule has 1 heterocycles. The molecule has 1 aliphatic heterocycles. The van der Waals surface area contributed by atoms with Gasteiger partial charge in [0.15, 0.2) is 0 Å². The zero-order chi connectivity index (χ0) is 12.3. The predicted molar refractivity (Wildman–Crippen MR) is 65.4 cm³/mol. The van der Waals surface area contributed by atoms with Crippen molar-refractivity contribution in [1.29, 1.82) is 0 Å². The minimum atomic E-state index is -3.33. The second-order valence-corrected chi connectivity index (χ2v) is 6.57. The van der Waals surface area contributed by atoms with Gasteiger partial charge in [0.2, 0.25) is 0 Å². The van der Waals surface area contributed by atoms with Crippen molar-refractivity contribution < 1.29 is 8.42 Å². The maximum atomic E-state index is 11.9. The summed E-state index contributed by atoms with van der Waals surface area (Å²) < 4.78 is 28.0. The van der Waals surface area contributed by atoms with E-state index in [9.17, 15) is 8.42 Å². The van der Waals surface area contributed by atoms with Crippen molar-refractivity contribution >= 4 is 10.2 Å². The molecule has 0 saturated carbocycles. The van der Waals surface area contributed by atoms with E-state index in [1.54, 1.807) is 7.05 Å². The third-order valence-electron chi connectivity index (χ3n) is 3.05. The molecule has 0 aliphatic carbocycles. The summed E-state index contributed by atoms with van der Waals surface area (Å²) in [6, 6.07) is 0.421. The highest BCUT2D eigenvalue weighted by Gasteiger charge is 2.26. The van der Waals surface area contributed by atoms with Gasteiger partial charge in [0.05, 0.1) is 0 Å². The smallest absolute Gasteiger partial charge is 0.279 e. The fourth-order valence-corrected chi connectivity index (χ4v) is 3.17. The van der Waals surface area contributed by atoms with E-state index < -0.39 is 10.2 Å². The van der Waals surface area contributed by atoms with Gasteiger partial charge in [0, 0.05) is 25.2 Å². The number of nitrogens with zero attached hydrogens (tertiary/aromatic N) is 1. The Kier molecular flexibility index (Phi) is 4.73. The van der Waals surface area contributed by atoms with E-state index in [1.165, 1.54) is 4.31 Å². The van der Waals surface area contributed by atoms with Gasteiger partial charge >= 0.3 is 0 Å². The third-order valence-corrected chi connectivity index (χ3v) is 4.86. The van der Waals surface area contributed by atoms with Crippen LogP contribution < -0.4 is 10.0 Å². The van der Waals surface area contributed by atoms with E-state index >= 15 is 0 Å². The van der Waals surface area contributed by atoms with Crippen molar-refractivity contribution in [3.05, 3.63) is 0 Å². The van der Waals surface area contributed by atoms with Crippen molar-refractivity contribution in [1.82, 2.24) is 14.3 Å². The van der Waals surface area contributed by atoms with Gasteiger partial charge in [-0.3, -0.25) is 0 Å². The van der Waals surface area contributed by atoms with Gasteiger partial charge in [-0.05, 0) is 40.2 Å². The van der Waals surface area contributed by atoms with Gasteiger partial charge < -0.3 is 5.32 Å². The van der Waals surface area contributed by atoms with Gasteiger partial charge in [-0.2, -0.15) is 17.4 Å². The van der Waals surface area contributed by atoms with Gasteiger partial charge in [0.1, 0.15) is 0 Å². The van der Waals surface area contributed by atoms with Crippen LogP contribution in [0.4, 0.5) is 0 Å². The fraction of sp³-hybridized carbons (Fsp3) is 1.00. The first kappa shape index (κ1) is 13.9. The molecule has 0 amide bonds. The number of hydrogen-bond donors (Lipinski definition) is 2. The second-order valence-electron chi connectivity index (χ2n) is 4.81. The Labute approximate surface area is 98.8 Å². The minimum absolute atomic E-state index is 0.0170. The number of piperidine rings is 1. The van der Waals surface area contributed by atoms with Crippen LogP contribution in [0.25, 0.3) is 0 Å². The van der Waals surface area contributed by atoms with E-state index in [0.29, 0.717) is 6.04 Å². The van der Waals surface area contributed by atoms with Crippen LogP contribution in [0.2, 0.25) is 0 Å². The molecule has 96 valence electrons. The lowest BCUT2D eigenvalue weighted by Crippen LogP contribution is -2.51. The van der Waals surface area contributed by atoms with Gasteiger partial charge in [-0.1, -0.05) is 0 Å². The molecule has 0 bridgehead atoms. The Hall–Kier alpha value is -0.170. The topological polar surface area (TPSA) is 61.4 Å². The fourth-order valence-electron chi connectivity index (χ4n) is 1.81. The van der Waals surface area contributed by atoms with Crippen LogP contribution in [0, 0.1) is 0 Å². The second kappa shape index (κ2) is 5.44.